The van der Waals surface area contributed by atoms with E-state index in [1.54, 1.807) is 0 Å². The summed E-state index contributed by atoms with van der Waals surface area (Å²) in [5.74, 6) is 0.986. The van der Waals surface area contributed by atoms with Crippen molar-refractivity contribution in [1.82, 2.24) is 10.2 Å². The van der Waals surface area contributed by atoms with Crippen molar-refractivity contribution in [3.8, 4) is 0 Å². The smallest absolute Gasteiger partial charge is 0.194 e. The van der Waals surface area contributed by atoms with Gasteiger partial charge in [-0.2, -0.15) is 0 Å². The molecule has 4 nitrogen and oxygen atoms in total. The fourth-order valence-corrected chi connectivity index (χ4v) is 2.32. The summed E-state index contributed by atoms with van der Waals surface area (Å²) in [5, 5.41) is 13.3. The summed E-state index contributed by atoms with van der Waals surface area (Å²) in [4.78, 5) is 6.87. The Morgan fingerprint density at radius 3 is 2.50 bits per heavy atom. The Morgan fingerprint density at radius 1 is 1.31 bits per heavy atom. The van der Waals surface area contributed by atoms with Crippen LogP contribution in [0.2, 0.25) is 0 Å². The van der Waals surface area contributed by atoms with Gasteiger partial charge in [0.2, 0.25) is 0 Å². The third kappa shape index (κ3) is 2.67. The molecule has 0 atom stereocenters. The summed E-state index contributed by atoms with van der Waals surface area (Å²) in [5.41, 5.74) is -0.500. The molecule has 2 fully saturated rings. The molecule has 1 aliphatic carbocycles. The predicted octanol–water partition coefficient (Wildman–Crippen LogP) is 0.963. The van der Waals surface area contributed by atoms with Gasteiger partial charge in [0.25, 0.3) is 0 Å². The quantitative estimate of drug-likeness (QED) is 0.555. The molecule has 0 spiro atoms. The van der Waals surface area contributed by atoms with Crippen molar-refractivity contribution in [1.29, 1.82) is 0 Å². The fraction of sp³-hybridized carbons (Fsp3) is 0.917. The molecule has 2 rings (SSSR count). The minimum Gasteiger partial charge on any atom is -0.388 e. The normalized spacial score (nSPS) is 24.4. The van der Waals surface area contributed by atoms with Crippen LogP contribution in [0, 0.1) is 0 Å². The first kappa shape index (κ1) is 11.7. The Kier molecular flexibility index (Phi) is 3.69. The van der Waals surface area contributed by atoms with Gasteiger partial charge >= 0.3 is 0 Å². The molecule has 2 aliphatic rings. The van der Waals surface area contributed by atoms with E-state index in [-0.39, 0.29) is 0 Å². The second-order valence-corrected chi connectivity index (χ2v) is 4.94. The molecule has 92 valence electrons. The van der Waals surface area contributed by atoms with Gasteiger partial charge in [-0.05, 0) is 39.0 Å². The molecule has 0 aromatic rings. The van der Waals surface area contributed by atoms with Crippen molar-refractivity contribution in [2.45, 2.75) is 44.6 Å². The van der Waals surface area contributed by atoms with Crippen molar-refractivity contribution < 1.29 is 5.11 Å². The second-order valence-electron chi connectivity index (χ2n) is 4.94. The number of hydrogen-bond acceptors (Lipinski definition) is 2. The van der Waals surface area contributed by atoms with Crippen LogP contribution in [0.3, 0.4) is 0 Å². The molecule has 1 heterocycles. The van der Waals surface area contributed by atoms with E-state index in [4.69, 9.17) is 0 Å². The monoisotopic (exact) mass is 225 g/mol. The zero-order chi connectivity index (χ0) is 11.4. The van der Waals surface area contributed by atoms with Gasteiger partial charge in [-0.15, -0.1) is 0 Å². The number of rotatable bonds is 3. The third-order valence-corrected chi connectivity index (χ3v) is 3.55. The number of likely N-dealkylation sites (tertiary alicyclic amines) is 1. The van der Waals surface area contributed by atoms with Crippen LogP contribution in [0.25, 0.3) is 0 Å². The first-order valence-electron chi connectivity index (χ1n) is 6.49. The number of hydrogen-bond donors (Lipinski definition) is 2. The average molecular weight is 225 g/mol. The van der Waals surface area contributed by atoms with E-state index < -0.39 is 5.60 Å². The Hall–Kier alpha value is -0.770. The second kappa shape index (κ2) is 5.04. The van der Waals surface area contributed by atoms with Gasteiger partial charge in [0.1, 0.15) is 0 Å². The van der Waals surface area contributed by atoms with Crippen LogP contribution in [0.5, 0.6) is 0 Å². The molecule has 0 aromatic heterocycles. The summed E-state index contributed by atoms with van der Waals surface area (Å²) in [6.07, 6.45) is 5.49. The largest absolute Gasteiger partial charge is 0.388 e. The van der Waals surface area contributed by atoms with E-state index in [9.17, 15) is 5.11 Å². The maximum Gasteiger partial charge on any atom is 0.194 e. The summed E-state index contributed by atoms with van der Waals surface area (Å²) in [6, 6.07) is 0. The van der Waals surface area contributed by atoms with Gasteiger partial charge in [0, 0.05) is 19.6 Å². The first-order chi connectivity index (χ1) is 7.73. The van der Waals surface area contributed by atoms with E-state index in [1.165, 1.54) is 12.8 Å². The van der Waals surface area contributed by atoms with Crippen LogP contribution in [0.4, 0.5) is 0 Å². The molecular weight excluding hydrogens is 202 g/mol. The minimum atomic E-state index is -0.500. The number of aliphatic hydroxyl groups is 1. The first-order valence-corrected chi connectivity index (χ1v) is 6.49. The molecule has 0 radical (unpaired) electrons. The lowest BCUT2D eigenvalue weighted by Gasteiger charge is -2.35. The van der Waals surface area contributed by atoms with E-state index in [0.29, 0.717) is 6.54 Å². The Balaban J connectivity index is 1.91. The maximum atomic E-state index is 10.0. The van der Waals surface area contributed by atoms with Gasteiger partial charge in [0.15, 0.2) is 5.96 Å². The Morgan fingerprint density at radius 2 is 2.00 bits per heavy atom. The molecular formula is C12H23N3O. The molecule has 1 saturated carbocycles. The van der Waals surface area contributed by atoms with E-state index in [0.717, 1.165) is 44.9 Å². The highest BCUT2D eigenvalue weighted by Gasteiger charge is 2.34. The van der Waals surface area contributed by atoms with Crippen LogP contribution in [-0.4, -0.2) is 47.7 Å². The lowest BCUT2D eigenvalue weighted by Crippen LogP contribution is -2.44. The van der Waals surface area contributed by atoms with Crippen molar-refractivity contribution in [2.75, 3.05) is 26.2 Å². The standard InChI is InChI=1S/C12H23N3O/c1-2-13-11(15-8-3-4-9-15)14-10-12(16)6-5-7-12/h16H,2-10H2,1H3,(H,13,14). The van der Waals surface area contributed by atoms with Crippen molar-refractivity contribution >= 4 is 5.96 Å². The molecule has 4 heteroatoms. The predicted molar refractivity (Wildman–Crippen MR) is 65.6 cm³/mol. The van der Waals surface area contributed by atoms with Gasteiger partial charge in [-0.25, -0.2) is 0 Å². The SMILES string of the molecule is CCNC(=NCC1(O)CCC1)N1CCCC1. The Labute approximate surface area is 97.7 Å². The summed E-state index contributed by atoms with van der Waals surface area (Å²) >= 11 is 0. The molecule has 0 amide bonds. The molecule has 1 saturated heterocycles. The van der Waals surface area contributed by atoms with Crippen LogP contribution in [0.1, 0.15) is 39.0 Å². The number of nitrogens with zero attached hydrogens (tertiary/aromatic N) is 2. The molecule has 2 N–H and O–H groups in total. The van der Waals surface area contributed by atoms with Crippen LogP contribution < -0.4 is 5.32 Å². The minimum absolute atomic E-state index is 0.500. The summed E-state index contributed by atoms with van der Waals surface area (Å²) in [6.45, 7) is 5.75. The number of aliphatic imine (C=N–C) groups is 1. The van der Waals surface area contributed by atoms with Gasteiger partial charge in [0.05, 0.1) is 12.1 Å². The van der Waals surface area contributed by atoms with Crippen molar-refractivity contribution in [3.05, 3.63) is 0 Å². The highest BCUT2D eigenvalue weighted by Crippen LogP contribution is 2.31. The molecule has 0 bridgehead atoms. The van der Waals surface area contributed by atoms with Crippen LogP contribution >= 0.6 is 0 Å². The summed E-state index contributed by atoms with van der Waals surface area (Å²) in [7, 11) is 0. The van der Waals surface area contributed by atoms with Crippen molar-refractivity contribution in [2.24, 2.45) is 4.99 Å². The lowest BCUT2D eigenvalue weighted by atomic mass is 9.80. The van der Waals surface area contributed by atoms with E-state index in [2.05, 4.69) is 22.1 Å². The van der Waals surface area contributed by atoms with Gasteiger partial charge in [-0.3, -0.25) is 4.99 Å². The molecule has 0 unspecified atom stereocenters. The van der Waals surface area contributed by atoms with Gasteiger partial charge < -0.3 is 15.3 Å². The highest BCUT2D eigenvalue weighted by molar-refractivity contribution is 5.80. The molecule has 1 aliphatic heterocycles. The number of nitrogens with one attached hydrogen (secondary N) is 1. The van der Waals surface area contributed by atoms with E-state index >= 15 is 0 Å². The highest BCUT2D eigenvalue weighted by atomic mass is 16.3. The third-order valence-electron chi connectivity index (χ3n) is 3.55. The van der Waals surface area contributed by atoms with Crippen LogP contribution in [0.15, 0.2) is 4.99 Å². The fourth-order valence-electron chi connectivity index (χ4n) is 2.32. The lowest BCUT2D eigenvalue weighted by molar-refractivity contribution is -0.0237. The van der Waals surface area contributed by atoms with Crippen LogP contribution in [-0.2, 0) is 0 Å². The maximum absolute atomic E-state index is 10.0. The Bertz CT molecular complexity index is 255. The van der Waals surface area contributed by atoms with Gasteiger partial charge in [-0.1, -0.05) is 0 Å². The zero-order valence-corrected chi connectivity index (χ0v) is 10.2. The summed E-state index contributed by atoms with van der Waals surface area (Å²) < 4.78 is 0. The van der Waals surface area contributed by atoms with E-state index in [1.807, 2.05) is 0 Å². The zero-order valence-electron chi connectivity index (χ0n) is 10.2. The molecule has 16 heavy (non-hydrogen) atoms. The molecule has 0 aromatic carbocycles. The number of guanidine groups is 1. The average Bonchev–Trinajstić information content (AvgIpc) is 2.74. The topological polar surface area (TPSA) is 47.9 Å². The van der Waals surface area contributed by atoms with Crippen molar-refractivity contribution in [3.63, 3.8) is 0 Å².